The van der Waals surface area contributed by atoms with Gasteiger partial charge < -0.3 is 15.0 Å². The molecule has 3 aromatic rings. The van der Waals surface area contributed by atoms with Crippen LogP contribution in [0.3, 0.4) is 0 Å². The van der Waals surface area contributed by atoms with Crippen LogP contribution in [0.2, 0.25) is 0 Å². The lowest BCUT2D eigenvalue weighted by atomic mass is 10.1. The van der Waals surface area contributed by atoms with E-state index in [2.05, 4.69) is 46.3 Å². The van der Waals surface area contributed by atoms with Crippen molar-refractivity contribution in [3.63, 3.8) is 0 Å². The SMILES string of the molecule is CCC(C)COc1cc(-c2ccc(N3CCNCC3)nc2)c2c(C#N)cnn2c1. The van der Waals surface area contributed by atoms with Crippen LogP contribution in [0.25, 0.3) is 16.6 Å². The van der Waals surface area contributed by atoms with Crippen molar-refractivity contribution < 1.29 is 4.74 Å². The number of anilines is 1. The number of hydrogen-bond donors (Lipinski definition) is 1. The summed E-state index contributed by atoms with van der Waals surface area (Å²) in [4.78, 5) is 6.97. The minimum Gasteiger partial charge on any atom is -0.492 e. The maximum atomic E-state index is 9.52. The summed E-state index contributed by atoms with van der Waals surface area (Å²) in [6, 6.07) is 8.34. The van der Waals surface area contributed by atoms with E-state index in [1.54, 1.807) is 10.7 Å². The van der Waals surface area contributed by atoms with Gasteiger partial charge in [-0.15, -0.1) is 0 Å². The molecule has 1 aliphatic rings. The normalized spacial score (nSPS) is 15.3. The molecule has 1 saturated heterocycles. The van der Waals surface area contributed by atoms with Crippen LogP contribution in [0.4, 0.5) is 5.82 Å². The summed E-state index contributed by atoms with van der Waals surface area (Å²) in [6.45, 7) is 8.82. The summed E-state index contributed by atoms with van der Waals surface area (Å²) in [7, 11) is 0. The molecule has 0 amide bonds. The van der Waals surface area contributed by atoms with E-state index in [0.717, 1.165) is 60.8 Å². The first-order valence-corrected chi connectivity index (χ1v) is 10.2. The Kier molecular flexibility index (Phi) is 5.63. The third-order valence-corrected chi connectivity index (χ3v) is 5.44. The number of nitrogens with zero attached hydrogens (tertiary/aromatic N) is 5. The molecule has 3 aromatic heterocycles. The molecule has 4 rings (SSSR count). The minimum absolute atomic E-state index is 0.474. The van der Waals surface area contributed by atoms with Crippen molar-refractivity contribution in [3.05, 3.63) is 42.4 Å². The Bertz CT molecular complexity index is 1010. The molecule has 1 aliphatic heterocycles. The second kappa shape index (κ2) is 8.50. The van der Waals surface area contributed by atoms with Crippen LogP contribution >= 0.6 is 0 Å². The van der Waals surface area contributed by atoms with Gasteiger partial charge in [-0.2, -0.15) is 10.4 Å². The highest BCUT2D eigenvalue weighted by molar-refractivity contribution is 5.85. The molecular weight excluding hydrogens is 364 g/mol. The van der Waals surface area contributed by atoms with Crippen molar-refractivity contribution >= 4 is 11.3 Å². The smallest absolute Gasteiger partial charge is 0.138 e. The number of piperazine rings is 1. The van der Waals surface area contributed by atoms with Crippen molar-refractivity contribution in [2.75, 3.05) is 37.7 Å². The van der Waals surface area contributed by atoms with E-state index >= 15 is 0 Å². The topological polar surface area (TPSA) is 78.5 Å². The van der Waals surface area contributed by atoms with Crippen molar-refractivity contribution in [2.45, 2.75) is 20.3 Å². The van der Waals surface area contributed by atoms with E-state index in [4.69, 9.17) is 4.74 Å². The number of fused-ring (bicyclic) bond motifs is 1. The van der Waals surface area contributed by atoms with Gasteiger partial charge in [0.05, 0.1) is 30.1 Å². The highest BCUT2D eigenvalue weighted by Crippen LogP contribution is 2.31. The van der Waals surface area contributed by atoms with Gasteiger partial charge in [0, 0.05) is 43.5 Å². The van der Waals surface area contributed by atoms with Gasteiger partial charge in [-0.05, 0) is 24.1 Å². The molecule has 1 N–H and O–H groups in total. The molecule has 150 valence electrons. The Morgan fingerprint density at radius 3 is 2.79 bits per heavy atom. The van der Waals surface area contributed by atoms with Crippen LogP contribution in [0.15, 0.2) is 36.8 Å². The van der Waals surface area contributed by atoms with Gasteiger partial charge in [-0.1, -0.05) is 20.3 Å². The van der Waals surface area contributed by atoms with Crippen LogP contribution in [-0.4, -0.2) is 47.4 Å². The molecule has 7 nitrogen and oxygen atoms in total. The van der Waals surface area contributed by atoms with E-state index in [1.165, 1.54) is 0 Å². The molecule has 0 aromatic carbocycles. The molecular formula is C22H26N6O. The number of nitrogens with one attached hydrogen (secondary N) is 1. The molecule has 0 aliphatic carbocycles. The summed E-state index contributed by atoms with van der Waals surface area (Å²) in [5.74, 6) is 2.19. The first-order chi connectivity index (χ1) is 14.2. The molecule has 0 radical (unpaired) electrons. The Morgan fingerprint density at radius 2 is 2.10 bits per heavy atom. The average Bonchev–Trinajstić information content (AvgIpc) is 3.20. The first kappa shape index (κ1) is 19.2. The number of hydrogen-bond acceptors (Lipinski definition) is 6. The minimum atomic E-state index is 0.474. The molecule has 0 bridgehead atoms. The second-order valence-electron chi connectivity index (χ2n) is 7.52. The van der Waals surface area contributed by atoms with Gasteiger partial charge in [0.25, 0.3) is 0 Å². The predicted molar refractivity (Wildman–Crippen MR) is 113 cm³/mol. The summed E-state index contributed by atoms with van der Waals surface area (Å²) in [5.41, 5.74) is 3.17. The van der Waals surface area contributed by atoms with Gasteiger partial charge in [0.15, 0.2) is 0 Å². The summed E-state index contributed by atoms with van der Waals surface area (Å²) < 4.78 is 7.74. The van der Waals surface area contributed by atoms with Crippen molar-refractivity contribution in [1.29, 1.82) is 5.26 Å². The largest absolute Gasteiger partial charge is 0.492 e. The molecule has 29 heavy (non-hydrogen) atoms. The number of aromatic nitrogens is 3. The van der Waals surface area contributed by atoms with Gasteiger partial charge in [0.2, 0.25) is 0 Å². The fourth-order valence-corrected chi connectivity index (χ4v) is 3.46. The van der Waals surface area contributed by atoms with Crippen LogP contribution in [0.5, 0.6) is 5.75 Å². The molecule has 1 atom stereocenters. The van der Waals surface area contributed by atoms with E-state index in [1.807, 2.05) is 24.5 Å². The maximum Gasteiger partial charge on any atom is 0.138 e. The quantitative estimate of drug-likeness (QED) is 0.697. The second-order valence-corrected chi connectivity index (χ2v) is 7.52. The Morgan fingerprint density at radius 1 is 1.28 bits per heavy atom. The summed E-state index contributed by atoms with van der Waals surface area (Å²) in [6.07, 6.45) is 6.37. The maximum absolute atomic E-state index is 9.52. The highest BCUT2D eigenvalue weighted by atomic mass is 16.5. The molecule has 1 fully saturated rings. The molecule has 7 heteroatoms. The lowest BCUT2D eigenvalue weighted by molar-refractivity contribution is 0.255. The van der Waals surface area contributed by atoms with Crippen molar-refractivity contribution in [1.82, 2.24) is 19.9 Å². The molecule has 1 unspecified atom stereocenters. The third-order valence-electron chi connectivity index (χ3n) is 5.44. The molecule has 4 heterocycles. The molecule has 0 saturated carbocycles. The zero-order valence-corrected chi connectivity index (χ0v) is 16.9. The zero-order chi connectivity index (χ0) is 20.2. The van der Waals surface area contributed by atoms with Gasteiger partial charge >= 0.3 is 0 Å². The number of ether oxygens (including phenoxy) is 1. The number of pyridine rings is 2. The van der Waals surface area contributed by atoms with Gasteiger partial charge in [-0.25, -0.2) is 9.50 Å². The Balaban J connectivity index is 1.70. The van der Waals surface area contributed by atoms with E-state index in [0.29, 0.717) is 18.1 Å². The fourth-order valence-electron chi connectivity index (χ4n) is 3.46. The van der Waals surface area contributed by atoms with Crippen molar-refractivity contribution in [2.24, 2.45) is 5.92 Å². The van der Waals surface area contributed by atoms with E-state index in [9.17, 15) is 5.26 Å². The van der Waals surface area contributed by atoms with Crippen molar-refractivity contribution in [3.8, 4) is 22.9 Å². The van der Waals surface area contributed by atoms with Crippen LogP contribution in [0, 0.1) is 17.2 Å². The highest BCUT2D eigenvalue weighted by Gasteiger charge is 2.16. The predicted octanol–water partition coefficient (Wildman–Crippen LogP) is 3.10. The number of nitriles is 1. The van der Waals surface area contributed by atoms with Crippen LogP contribution in [0.1, 0.15) is 25.8 Å². The van der Waals surface area contributed by atoms with Gasteiger partial charge in [-0.3, -0.25) is 0 Å². The lowest BCUT2D eigenvalue weighted by Gasteiger charge is -2.28. The van der Waals surface area contributed by atoms with Crippen LogP contribution < -0.4 is 15.0 Å². The lowest BCUT2D eigenvalue weighted by Crippen LogP contribution is -2.43. The first-order valence-electron chi connectivity index (χ1n) is 10.2. The fraction of sp³-hybridized carbons (Fsp3) is 0.409. The standard InChI is InChI=1S/C22H26N6O/c1-3-16(2)15-29-19-10-20(22-18(11-23)13-26-28(22)14-19)17-4-5-21(25-12-17)27-8-6-24-7-9-27/h4-5,10,12-14,16,24H,3,6-9,15H2,1-2H3. The average molecular weight is 390 g/mol. The van der Waals surface area contributed by atoms with Gasteiger partial charge in [0.1, 0.15) is 17.6 Å². The molecule has 0 spiro atoms. The number of rotatable bonds is 6. The monoisotopic (exact) mass is 390 g/mol. The van der Waals surface area contributed by atoms with Crippen LogP contribution in [-0.2, 0) is 0 Å². The Hall–Kier alpha value is -3.11. The Labute approximate surface area is 170 Å². The van der Waals surface area contributed by atoms with E-state index < -0.39 is 0 Å². The van der Waals surface area contributed by atoms with E-state index in [-0.39, 0.29) is 0 Å². The third kappa shape index (κ3) is 4.03. The summed E-state index contributed by atoms with van der Waals surface area (Å²) in [5, 5.41) is 17.2. The summed E-state index contributed by atoms with van der Waals surface area (Å²) >= 11 is 0. The zero-order valence-electron chi connectivity index (χ0n) is 16.9.